The first-order chi connectivity index (χ1) is 9.70. The van der Waals surface area contributed by atoms with Crippen molar-refractivity contribution in [2.75, 3.05) is 4.72 Å². The molecule has 1 aromatic heterocycles. The molecule has 9 heteroatoms. The van der Waals surface area contributed by atoms with Gasteiger partial charge in [-0.3, -0.25) is 9.82 Å². The maximum Gasteiger partial charge on any atom is 0.268 e. The Kier molecular flexibility index (Phi) is 3.95. The van der Waals surface area contributed by atoms with Crippen molar-refractivity contribution in [2.24, 2.45) is 0 Å². The Bertz CT molecular complexity index is 749. The molecule has 0 saturated carbocycles. The molecule has 0 atom stereocenters. The smallest absolute Gasteiger partial charge is 0.268 e. The molecule has 1 aromatic carbocycles. The number of H-pyrrole nitrogens is 1. The van der Waals surface area contributed by atoms with Crippen molar-refractivity contribution in [1.82, 2.24) is 10.2 Å². The number of rotatable bonds is 4. The van der Waals surface area contributed by atoms with Crippen LogP contribution in [0.1, 0.15) is 25.5 Å². The lowest BCUT2D eigenvalue weighted by molar-refractivity contribution is 0.498. The molecule has 0 unspecified atom stereocenters. The van der Waals surface area contributed by atoms with Gasteiger partial charge in [-0.25, -0.2) is 21.6 Å². The van der Waals surface area contributed by atoms with E-state index >= 15 is 0 Å². The van der Waals surface area contributed by atoms with Crippen molar-refractivity contribution in [1.29, 1.82) is 0 Å². The molecule has 21 heavy (non-hydrogen) atoms. The summed E-state index contributed by atoms with van der Waals surface area (Å²) in [6.07, 6.45) is 0. The lowest BCUT2D eigenvalue weighted by Crippen LogP contribution is -2.17. The van der Waals surface area contributed by atoms with Crippen LogP contribution in [0.4, 0.5) is 19.0 Å². The quantitative estimate of drug-likeness (QED) is 0.910. The summed E-state index contributed by atoms with van der Waals surface area (Å²) in [5.74, 6) is -4.28. The minimum absolute atomic E-state index is 0.0649. The predicted molar refractivity (Wildman–Crippen MR) is 69.8 cm³/mol. The number of hydrogen-bond acceptors (Lipinski definition) is 3. The van der Waals surface area contributed by atoms with E-state index in [0.29, 0.717) is 17.8 Å². The normalized spacial score (nSPS) is 11.9. The van der Waals surface area contributed by atoms with Crippen LogP contribution in [-0.4, -0.2) is 18.6 Å². The molecule has 0 bridgehead atoms. The molecule has 2 rings (SSSR count). The van der Waals surface area contributed by atoms with Gasteiger partial charge in [0.1, 0.15) is 17.5 Å². The highest BCUT2D eigenvalue weighted by atomic mass is 32.2. The van der Waals surface area contributed by atoms with Crippen molar-refractivity contribution in [3.8, 4) is 0 Å². The Morgan fingerprint density at radius 2 is 1.71 bits per heavy atom. The molecule has 0 saturated heterocycles. The Morgan fingerprint density at radius 3 is 2.19 bits per heavy atom. The second-order valence-corrected chi connectivity index (χ2v) is 6.29. The van der Waals surface area contributed by atoms with Gasteiger partial charge in [0.05, 0.1) is 0 Å². The topological polar surface area (TPSA) is 74.8 Å². The van der Waals surface area contributed by atoms with Gasteiger partial charge < -0.3 is 0 Å². The number of aromatic amines is 1. The van der Waals surface area contributed by atoms with Crippen molar-refractivity contribution in [3.63, 3.8) is 0 Å². The zero-order chi connectivity index (χ0) is 15.8. The van der Waals surface area contributed by atoms with Gasteiger partial charge in [0.2, 0.25) is 0 Å². The van der Waals surface area contributed by atoms with E-state index in [2.05, 4.69) is 10.2 Å². The Balaban J connectivity index is 2.38. The third-order valence-corrected chi connectivity index (χ3v) is 4.10. The standard InChI is InChI=1S/C12H12F3N3O2S/c1-6(2)10-5-11(17-16-10)18-21(19,20)12-8(14)3-7(13)4-9(12)15/h3-6H,1-2H3,(H2,16,17,18). The van der Waals surface area contributed by atoms with E-state index in [9.17, 15) is 21.6 Å². The van der Waals surface area contributed by atoms with Crippen LogP contribution in [0.2, 0.25) is 0 Å². The van der Waals surface area contributed by atoms with E-state index in [0.717, 1.165) is 0 Å². The third kappa shape index (κ3) is 3.18. The average molecular weight is 319 g/mol. The minimum Gasteiger partial charge on any atom is -0.280 e. The third-order valence-electron chi connectivity index (χ3n) is 2.69. The van der Waals surface area contributed by atoms with Gasteiger partial charge in [0.15, 0.2) is 10.7 Å². The van der Waals surface area contributed by atoms with Crippen LogP contribution in [0.3, 0.4) is 0 Å². The highest BCUT2D eigenvalue weighted by Gasteiger charge is 2.26. The average Bonchev–Trinajstić information content (AvgIpc) is 2.74. The number of aromatic nitrogens is 2. The molecular formula is C12H12F3N3O2S. The van der Waals surface area contributed by atoms with Gasteiger partial charge in [-0.2, -0.15) is 5.10 Å². The lowest BCUT2D eigenvalue weighted by atomic mass is 10.1. The van der Waals surface area contributed by atoms with Crippen molar-refractivity contribution < 1.29 is 21.6 Å². The van der Waals surface area contributed by atoms with E-state index in [-0.39, 0.29) is 11.7 Å². The first kappa shape index (κ1) is 15.4. The maximum atomic E-state index is 13.5. The Labute approximate surface area is 119 Å². The van der Waals surface area contributed by atoms with E-state index in [1.54, 1.807) is 0 Å². The van der Waals surface area contributed by atoms with Crippen molar-refractivity contribution >= 4 is 15.8 Å². The van der Waals surface area contributed by atoms with Gasteiger partial charge in [0.25, 0.3) is 10.0 Å². The van der Waals surface area contributed by atoms with E-state index in [4.69, 9.17) is 0 Å². The zero-order valence-electron chi connectivity index (χ0n) is 11.1. The van der Waals surface area contributed by atoms with Gasteiger partial charge in [-0.1, -0.05) is 13.8 Å². The summed E-state index contributed by atoms with van der Waals surface area (Å²) in [5.41, 5.74) is 0.646. The minimum atomic E-state index is -4.55. The molecule has 0 radical (unpaired) electrons. The summed E-state index contributed by atoms with van der Waals surface area (Å²) in [7, 11) is -4.55. The first-order valence-corrected chi connectivity index (χ1v) is 7.41. The van der Waals surface area contributed by atoms with Gasteiger partial charge >= 0.3 is 0 Å². The highest BCUT2D eigenvalue weighted by Crippen LogP contribution is 2.23. The monoisotopic (exact) mass is 319 g/mol. The summed E-state index contributed by atoms with van der Waals surface area (Å²) in [6, 6.07) is 1.99. The van der Waals surface area contributed by atoms with E-state index in [1.165, 1.54) is 6.07 Å². The summed E-state index contributed by atoms with van der Waals surface area (Å²) in [6.45, 7) is 3.70. The molecule has 2 aromatic rings. The Hall–Kier alpha value is -2.03. The van der Waals surface area contributed by atoms with Crippen LogP contribution < -0.4 is 4.72 Å². The number of hydrogen-bond donors (Lipinski definition) is 2. The summed E-state index contributed by atoms with van der Waals surface area (Å²) in [4.78, 5) is -1.25. The predicted octanol–water partition coefficient (Wildman–Crippen LogP) is 2.75. The lowest BCUT2D eigenvalue weighted by Gasteiger charge is -2.07. The van der Waals surface area contributed by atoms with Crippen LogP contribution in [0, 0.1) is 17.5 Å². The molecule has 0 fully saturated rings. The molecule has 1 heterocycles. The molecule has 0 spiro atoms. The van der Waals surface area contributed by atoms with E-state index < -0.39 is 32.4 Å². The number of nitrogens with one attached hydrogen (secondary N) is 2. The van der Waals surface area contributed by atoms with Crippen molar-refractivity contribution in [3.05, 3.63) is 41.3 Å². The first-order valence-electron chi connectivity index (χ1n) is 5.93. The number of sulfonamides is 1. The summed E-state index contributed by atoms with van der Waals surface area (Å²) >= 11 is 0. The molecule has 2 N–H and O–H groups in total. The fourth-order valence-corrected chi connectivity index (χ4v) is 2.77. The second kappa shape index (κ2) is 5.40. The van der Waals surface area contributed by atoms with Crippen LogP contribution in [0.5, 0.6) is 0 Å². The summed E-state index contributed by atoms with van der Waals surface area (Å²) < 4.78 is 65.7. The van der Waals surface area contributed by atoms with Gasteiger partial charge in [-0.05, 0) is 5.92 Å². The highest BCUT2D eigenvalue weighted by molar-refractivity contribution is 7.92. The molecule has 5 nitrogen and oxygen atoms in total. The number of benzene rings is 1. The van der Waals surface area contributed by atoms with Crippen LogP contribution in [0.25, 0.3) is 0 Å². The largest absolute Gasteiger partial charge is 0.280 e. The maximum absolute atomic E-state index is 13.5. The number of halogens is 3. The molecule has 0 aliphatic heterocycles. The van der Waals surface area contributed by atoms with Crippen LogP contribution in [-0.2, 0) is 10.0 Å². The number of nitrogens with zero attached hydrogens (tertiary/aromatic N) is 1. The summed E-state index contributed by atoms with van der Waals surface area (Å²) in [5, 5.41) is 6.28. The molecular weight excluding hydrogens is 307 g/mol. The van der Waals surface area contributed by atoms with Gasteiger partial charge in [0, 0.05) is 23.9 Å². The number of anilines is 1. The zero-order valence-corrected chi connectivity index (χ0v) is 11.9. The SMILES string of the molecule is CC(C)c1cc(NS(=O)(=O)c2c(F)cc(F)cc2F)n[nH]1. The molecule has 0 aliphatic carbocycles. The Morgan fingerprint density at radius 1 is 1.14 bits per heavy atom. The molecule has 0 amide bonds. The molecule has 0 aliphatic rings. The van der Waals surface area contributed by atoms with E-state index in [1.807, 2.05) is 18.6 Å². The van der Waals surface area contributed by atoms with Gasteiger partial charge in [-0.15, -0.1) is 0 Å². The van der Waals surface area contributed by atoms with Crippen molar-refractivity contribution in [2.45, 2.75) is 24.7 Å². The van der Waals surface area contributed by atoms with Crippen LogP contribution in [0.15, 0.2) is 23.1 Å². The fourth-order valence-electron chi connectivity index (χ4n) is 1.66. The fraction of sp³-hybridized carbons (Fsp3) is 0.250. The van der Waals surface area contributed by atoms with Crippen LogP contribution >= 0.6 is 0 Å². The molecule has 114 valence electrons. The second-order valence-electron chi connectivity index (χ2n) is 4.67.